The smallest absolute Gasteiger partial charge is 0.266 e. The molecule has 3 aromatic rings. The van der Waals surface area contributed by atoms with Crippen LogP contribution in [-0.2, 0) is 9.59 Å². The molecule has 0 saturated carbocycles. The number of benzene rings is 3. The Balaban J connectivity index is 1.74. The van der Waals surface area contributed by atoms with Crippen LogP contribution in [-0.4, -0.2) is 25.5 Å². The number of aryl methyl sites for hydroxylation is 1. The largest absolute Gasteiger partial charge is 0.493 e. The van der Waals surface area contributed by atoms with E-state index in [1.165, 1.54) is 13.2 Å². The Hall–Kier alpha value is -4.09. The van der Waals surface area contributed by atoms with Crippen LogP contribution in [0.15, 0.2) is 76.8 Å². The molecule has 0 spiro atoms. The SMILES string of the molecule is COc1cc(/C=C(\C#N)C(=O)Nc2cccc(C)c2)cc(Br)c1OCC(=O)Nc1ccccc1. The molecule has 0 bridgehead atoms. The van der Waals surface area contributed by atoms with Crippen molar-refractivity contribution in [2.45, 2.75) is 6.92 Å². The molecule has 8 heteroatoms. The molecule has 7 nitrogen and oxygen atoms in total. The number of hydrogen-bond donors (Lipinski definition) is 2. The van der Waals surface area contributed by atoms with Crippen LogP contribution in [0.25, 0.3) is 6.08 Å². The average molecular weight is 520 g/mol. The Bertz CT molecular complexity index is 1270. The molecule has 0 aliphatic carbocycles. The summed E-state index contributed by atoms with van der Waals surface area (Å²) in [5.74, 6) is -0.195. The van der Waals surface area contributed by atoms with Gasteiger partial charge in [-0.15, -0.1) is 0 Å². The molecule has 0 aromatic heterocycles. The molecule has 3 aromatic carbocycles. The van der Waals surface area contributed by atoms with Crippen molar-refractivity contribution >= 4 is 45.2 Å². The van der Waals surface area contributed by atoms with E-state index in [9.17, 15) is 14.9 Å². The van der Waals surface area contributed by atoms with Crippen molar-refractivity contribution in [3.8, 4) is 17.6 Å². The number of para-hydroxylation sites is 1. The first-order chi connectivity index (χ1) is 16.4. The summed E-state index contributed by atoms with van der Waals surface area (Å²) in [6.07, 6.45) is 1.45. The minimum atomic E-state index is -0.527. The fourth-order valence-electron chi connectivity index (χ4n) is 3.06. The van der Waals surface area contributed by atoms with Gasteiger partial charge in [-0.05, 0) is 76.5 Å². The van der Waals surface area contributed by atoms with E-state index < -0.39 is 5.91 Å². The first-order valence-corrected chi connectivity index (χ1v) is 11.0. The summed E-state index contributed by atoms with van der Waals surface area (Å²) < 4.78 is 11.6. The molecule has 2 N–H and O–H groups in total. The highest BCUT2D eigenvalue weighted by atomic mass is 79.9. The number of hydrogen-bond acceptors (Lipinski definition) is 5. The molecule has 2 amide bonds. The lowest BCUT2D eigenvalue weighted by Crippen LogP contribution is -2.20. The summed E-state index contributed by atoms with van der Waals surface area (Å²) in [6, 6.07) is 21.6. The minimum Gasteiger partial charge on any atom is -0.493 e. The van der Waals surface area contributed by atoms with Crippen molar-refractivity contribution in [2.75, 3.05) is 24.4 Å². The van der Waals surface area contributed by atoms with Crippen LogP contribution in [0.5, 0.6) is 11.5 Å². The van der Waals surface area contributed by atoms with Gasteiger partial charge in [0.25, 0.3) is 11.8 Å². The number of nitrogens with one attached hydrogen (secondary N) is 2. The number of halogens is 1. The van der Waals surface area contributed by atoms with Gasteiger partial charge in [0.1, 0.15) is 11.6 Å². The number of carbonyl (C=O) groups is 2. The third-order valence-electron chi connectivity index (χ3n) is 4.61. The van der Waals surface area contributed by atoms with Gasteiger partial charge in [-0.1, -0.05) is 30.3 Å². The van der Waals surface area contributed by atoms with Crippen LogP contribution in [0, 0.1) is 18.3 Å². The minimum absolute atomic E-state index is 0.0774. The first-order valence-electron chi connectivity index (χ1n) is 10.2. The predicted octanol–water partition coefficient (Wildman–Crippen LogP) is 5.33. The number of ether oxygens (including phenoxy) is 2. The van der Waals surface area contributed by atoms with Gasteiger partial charge in [0.2, 0.25) is 0 Å². The lowest BCUT2D eigenvalue weighted by atomic mass is 10.1. The fraction of sp³-hybridized carbons (Fsp3) is 0.115. The van der Waals surface area contributed by atoms with Gasteiger partial charge in [0, 0.05) is 11.4 Å². The Morgan fingerprint density at radius 1 is 1.03 bits per heavy atom. The van der Waals surface area contributed by atoms with Crippen molar-refractivity contribution in [1.82, 2.24) is 0 Å². The molecule has 0 unspecified atom stereocenters. The van der Waals surface area contributed by atoms with E-state index in [1.54, 1.807) is 30.3 Å². The lowest BCUT2D eigenvalue weighted by Gasteiger charge is -2.14. The molecule has 0 radical (unpaired) electrons. The van der Waals surface area contributed by atoms with Gasteiger partial charge >= 0.3 is 0 Å². The maximum Gasteiger partial charge on any atom is 0.266 e. The Morgan fingerprint density at radius 2 is 1.76 bits per heavy atom. The molecule has 0 heterocycles. The van der Waals surface area contributed by atoms with Crippen LogP contribution < -0.4 is 20.1 Å². The number of methoxy groups -OCH3 is 1. The number of nitrogens with zero attached hydrogens (tertiary/aromatic N) is 1. The van der Waals surface area contributed by atoms with Crippen molar-refractivity contribution in [1.29, 1.82) is 5.26 Å². The van der Waals surface area contributed by atoms with Gasteiger partial charge in [-0.25, -0.2) is 0 Å². The summed E-state index contributed by atoms with van der Waals surface area (Å²) in [7, 11) is 1.46. The van der Waals surface area contributed by atoms with Gasteiger partial charge < -0.3 is 20.1 Å². The summed E-state index contributed by atoms with van der Waals surface area (Å²) in [4.78, 5) is 24.8. The normalized spacial score (nSPS) is 10.7. The molecular weight excluding hydrogens is 498 g/mol. The van der Waals surface area contributed by atoms with Crippen LogP contribution in [0.1, 0.15) is 11.1 Å². The number of nitriles is 1. The highest BCUT2D eigenvalue weighted by Crippen LogP contribution is 2.37. The van der Waals surface area contributed by atoms with E-state index in [-0.39, 0.29) is 18.1 Å². The number of carbonyl (C=O) groups excluding carboxylic acids is 2. The molecular formula is C26H22BrN3O4. The first kappa shape index (κ1) is 24.6. The van der Waals surface area contributed by atoms with E-state index in [0.717, 1.165) is 5.56 Å². The van der Waals surface area contributed by atoms with E-state index in [1.807, 2.05) is 49.4 Å². The van der Waals surface area contributed by atoms with Gasteiger partial charge in [0.05, 0.1) is 11.6 Å². The van der Waals surface area contributed by atoms with E-state index >= 15 is 0 Å². The highest BCUT2D eigenvalue weighted by Gasteiger charge is 2.15. The van der Waals surface area contributed by atoms with Crippen LogP contribution in [0.3, 0.4) is 0 Å². The molecule has 0 aliphatic rings. The lowest BCUT2D eigenvalue weighted by molar-refractivity contribution is -0.118. The standard InChI is InChI=1S/C26H22BrN3O4/c1-17-7-6-10-21(11-17)30-26(32)19(15-28)12-18-13-22(27)25(23(14-18)33-2)34-16-24(31)29-20-8-4-3-5-9-20/h3-14H,16H2,1-2H3,(H,29,31)(H,30,32)/b19-12+. The van der Waals surface area contributed by atoms with E-state index in [4.69, 9.17) is 9.47 Å². The van der Waals surface area contributed by atoms with Crippen LogP contribution in [0.2, 0.25) is 0 Å². The van der Waals surface area contributed by atoms with Gasteiger partial charge in [-0.2, -0.15) is 5.26 Å². The molecule has 172 valence electrons. The fourth-order valence-corrected chi connectivity index (χ4v) is 3.63. The molecule has 3 rings (SSSR count). The third kappa shape index (κ3) is 6.70. The number of amides is 2. The summed E-state index contributed by atoms with van der Waals surface area (Å²) in [6.45, 7) is 1.68. The van der Waals surface area contributed by atoms with Crippen molar-refractivity contribution in [3.05, 3.63) is 87.9 Å². The van der Waals surface area contributed by atoms with Crippen LogP contribution in [0.4, 0.5) is 11.4 Å². The summed E-state index contributed by atoms with van der Waals surface area (Å²) in [5.41, 5.74) is 2.71. The summed E-state index contributed by atoms with van der Waals surface area (Å²) >= 11 is 3.42. The Kier molecular flexibility index (Phi) is 8.43. The Labute approximate surface area is 206 Å². The molecule has 0 aliphatic heterocycles. The van der Waals surface area contributed by atoms with Gasteiger partial charge in [-0.3, -0.25) is 9.59 Å². The third-order valence-corrected chi connectivity index (χ3v) is 5.20. The second-order valence-electron chi connectivity index (χ2n) is 7.23. The van der Waals surface area contributed by atoms with Crippen molar-refractivity contribution < 1.29 is 19.1 Å². The van der Waals surface area contributed by atoms with E-state index in [0.29, 0.717) is 32.9 Å². The van der Waals surface area contributed by atoms with Gasteiger partial charge in [0.15, 0.2) is 18.1 Å². The second-order valence-corrected chi connectivity index (χ2v) is 8.08. The highest BCUT2D eigenvalue weighted by molar-refractivity contribution is 9.10. The zero-order chi connectivity index (χ0) is 24.5. The molecule has 0 atom stereocenters. The zero-order valence-corrected chi connectivity index (χ0v) is 20.2. The maximum absolute atomic E-state index is 12.6. The average Bonchev–Trinajstić information content (AvgIpc) is 2.82. The molecule has 0 fully saturated rings. The predicted molar refractivity (Wildman–Crippen MR) is 135 cm³/mol. The van der Waals surface area contributed by atoms with Crippen molar-refractivity contribution in [3.63, 3.8) is 0 Å². The zero-order valence-electron chi connectivity index (χ0n) is 18.6. The molecule has 34 heavy (non-hydrogen) atoms. The Morgan fingerprint density at radius 3 is 2.44 bits per heavy atom. The van der Waals surface area contributed by atoms with Crippen LogP contribution >= 0.6 is 15.9 Å². The number of rotatable bonds is 8. The topological polar surface area (TPSA) is 100 Å². The quantitative estimate of drug-likeness (QED) is 0.309. The maximum atomic E-state index is 12.6. The monoisotopic (exact) mass is 519 g/mol. The second kappa shape index (κ2) is 11.7. The molecule has 0 saturated heterocycles. The summed E-state index contributed by atoms with van der Waals surface area (Å²) in [5, 5.41) is 15.0. The van der Waals surface area contributed by atoms with E-state index in [2.05, 4.69) is 26.6 Å². The number of anilines is 2. The van der Waals surface area contributed by atoms with Crippen molar-refractivity contribution in [2.24, 2.45) is 0 Å².